The molecule has 0 amide bonds. The highest BCUT2D eigenvalue weighted by atomic mass is 16.5. The van der Waals surface area contributed by atoms with Gasteiger partial charge < -0.3 is 53.8 Å². The van der Waals surface area contributed by atoms with E-state index >= 15 is 0 Å². The maximum absolute atomic E-state index is 12.8. The summed E-state index contributed by atoms with van der Waals surface area (Å²) in [5.41, 5.74) is 24.8. The van der Waals surface area contributed by atoms with E-state index in [1.807, 2.05) is 97.9 Å². The fraction of sp³-hybridized carbons (Fsp3) is 0.389. The van der Waals surface area contributed by atoms with Gasteiger partial charge in [-0.2, -0.15) is 0 Å². The van der Waals surface area contributed by atoms with Gasteiger partial charge in [0.05, 0.1) is 98.4 Å². The van der Waals surface area contributed by atoms with Crippen molar-refractivity contribution >= 4 is 113 Å². The molecule has 6 N–H and O–H groups in total. The lowest BCUT2D eigenvalue weighted by atomic mass is 9.98. The van der Waals surface area contributed by atoms with Gasteiger partial charge >= 0.3 is 23.9 Å². The first-order valence-corrected chi connectivity index (χ1v) is 31.0. The number of hydrogen-bond donors (Lipinski definition) is 6. The first kappa shape index (κ1) is 64.9. The van der Waals surface area contributed by atoms with E-state index in [9.17, 15) is 29.4 Å². The lowest BCUT2D eigenvalue weighted by molar-refractivity contribution is -0.141. The zero-order valence-electron chi connectivity index (χ0n) is 54.9. The first-order chi connectivity index (χ1) is 43.3. The number of carbonyl (C=O) groups is 4. The molecule has 0 saturated carbocycles. The van der Waals surface area contributed by atoms with Gasteiger partial charge in [-0.3, -0.25) is 19.2 Å². The number of hydrogen-bond acceptors (Lipinski definition) is 15. The van der Waals surface area contributed by atoms with Crippen molar-refractivity contribution in [2.45, 2.75) is 159 Å². The highest BCUT2D eigenvalue weighted by Crippen LogP contribution is 2.43. The SMILES string of the molecule is COC(=O)CCC1=C(C)c2cc3[nH]c(cc4[nH]c(cc5nc(cc1n2)C(CCC(=O)OC)=C5C)c(C(C)OC(C)c1c(C)c2cc5nc(cc6nc(cc7[nH]c(cc1[nH]2)c(C)c7CCC(=O)OC)C(CCC(=O)OC)=C6C)C(C)=C5C(C)O)c4C)c(C(C)O)c3C. The van der Waals surface area contributed by atoms with Crippen molar-refractivity contribution < 1.29 is 53.1 Å². The number of nitrogens with zero attached hydrogens (tertiary/aromatic N) is 4. The number of methoxy groups -OCH3 is 4. The summed E-state index contributed by atoms with van der Waals surface area (Å²) in [6, 6.07) is 15.9. The molecule has 16 bridgehead atoms. The van der Waals surface area contributed by atoms with E-state index in [0.29, 0.717) is 82.3 Å². The number of aryl methyl sites for hydroxylation is 5. The van der Waals surface area contributed by atoms with Crippen LogP contribution in [-0.4, -0.2) is 109 Å². The normalized spacial score (nSPS) is 14.7. The minimum atomic E-state index is -0.868. The number of esters is 4. The number of aliphatic hydroxyl groups is 2. The van der Waals surface area contributed by atoms with Crippen molar-refractivity contribution in [3.8, 4) is 0 Å². The molecule has 0 saturated heterocycles. The third-order valence-corrected chi connectivity index (χ3v) is 18.6. The van der Waals surface area contributed by atoms with Gasteiger partial charge in [0.1, 0.15) is 0 Å². The summed E-state index contributed by atoms with van der Waals surface area (Å²) < 4.78 is 27.8. The smallest absolute Gasteiger partial charge is 0.305 e. The molecule has 0 radical (unpaired) electrons. The minimum Gasteiger partial charge on any atom is -0.469 e. The molecule has 4 unspecified atom stereocenters. The van der Waals surface area contributed by atoms with E-state index < -0.39 is 24.4 Å². The Bertz CT molecular complexity index is 4500. The van der Waals surface area contributed by atoms with Crippen molar-refractivity contribution in [3.05, 3.63) is 139 Å². The van der Waals surface area contributed by atoms with Crippen LogP contribution in [0.3, 0.4) is 0 Å². The van der Waals surface area contributed by atoms with Gasteiger partial charge in [0.15, 0.2) is 0 Å². The average Bonchev–Trinajstić information content (AvgIpc) is 1.76. The highest BCUT2D eigenvalue weighted by Gasteiger charge is 2.29. The molecule has 4 aliphatic rings. The monoisotopic (exact) mass is 1230 g/mol. The fourth-order valence-electron chi connectivity index (χ4n) is 13.4. The third kappa shape index (κ3) is 12.8. The zero-order valence-corrected chi connectivity index (χ0v) is 54.9. The number of aliphatic hydroxyl groups excluding tert-OH is 2. The standard InChI is InChI=1S/C72H82N8O11/c1-33-45(17-21-65(83)87-13)57-31-59-47(19-23-67(85)89-15)35(3)51(75-59)27-63-71(39(7)55(79-63)29-61-69(41(9)81)37(5)53(77-61)25-49(33)73-57)43(11)91-44(12)72-40(8)56-30-62-70(42(10)82)38(6)54(78-62)26-50-34(2)46(18-22-66(84)88-14)58(74-50)32-60-48(20-24-68(86)90-16)36(4)52(76-60)28-64(72)80-56/h25-32,41-44,75,78-82H,17-24H2,1-16H3. The van der Waals surface area contributed by atoms with Crippen LogP contribution in [0.2, 0.25) is 0 Å². The maximum Gasteiger partial charge on any atom is 0.305 e. The topological polar surface area (TPSA) is 270 Å². The predicted octanol–water partition coefficient (Wildman–Crippen LogP) is 14.1. The van der Waals surface area contributed by atoms with Gasteiger partial charge in [-0.25, -0.2) is 19.9 Å². The fourth-order valence-corrected chi connectivity index (χ4v) is 13.4. The van der Waals surface area contributed by atoms with E-state index in [1.165, 1.54) is 28.4 Å². The Kier molecular flexibility index (Phi) is 18.9. The molecule has 0 spiro atoms. The van der Waals surface area contributed by atoms with Gasteiger partial charge in [0.25, 0.3) is 0 Å². The Labute approximate surface area is 529 Å². The molecule has 0 aromatic carbocycles. The number of aromatic nitrogens is 8. The number of carbonyl (C=O) groups excluding carboxylic acids is 4. The molecule has 4 atom stereocenters. The molecule has 0 aliphatic carbocycles. The second kappa shape index (κ2) is 26.4. The van der Waals surface area contributed by atoms with Crippen LogP contribution in [0.4, 0.5) is 0 Å². The Morgan fingerprint density at radius 3 is 1.14 bits per heavy atom. The second-order valence-corrected chi connectivity index (χ2v) is 24.1. The van der Waals surface area contributed by atoms with Crippen molar-refractivity contribution in [1.82, 2.24) is 39.9 Å². The average molecular weight is 1240 g/mol. The van der Waals surface area contributed by atoms with Crippen molar-refractivity contribution in [2.75, 3.05) is 28.4 Å². The van der Waals surface area contributed by atoms with Crippen LogP contribution < -0.4 is 0 Å². The van der Waals surface area contributed by atoms with Gasteiger partial charge in [-0.05, 0) is 224 Å². The number of allylic oxidation sites excluding steroid dienone is 7. The summed E-state index contributed by atoms with van der Waals surface area (Å²) >= 11 is 0. The van der Waals surface area contributed by atoms with Gasteiger partial charge in [0.2, 0.25) is 0 Å². The van der Waals surface area contributed by atoms with Crippen LogP contribution >= 0.6 is 0 Å². The lowest BCUT2D eigenvalue weighted by Gasteiger charge is -2.21. The van der Waals surface area contributed by atoms with Crippen LogP contribution in [0, 0.1) is 27.7 Å². The zero-order chi connectivity index (χ0) is 65.6. The van der Waals surface area contributed by atoms with Crippen LogP contribution in [0.25, 0.3) is 88.7 Å². The summed E-state index contributed by atoms with van der Waals surface area (Å²) in [6.07, 6.45) is -0.881. The molecule has 10 rings (SSSR count). The molecule has 10 heterocycles. The van der Waals surface area contributed by atoms with Gasteiger partial charge in [-0.15, -0.1) is 0 Å². The number of rotatable bonds is 18. The highest BCUT2D eigenvalue weighted by molar-refractivity contribution is 5.99. The molecular weight excluding hydrogens is 1150 g/mol. The van der Waals surface area contributed by atoms with E-state index in [2.05, 4.69) is 39.8 Å². The number of aromatic amines is 4. The van der Waals surface area contributed by atoms with Crippen molar-refractivity contribution in [2.24, 2.45) is 0 Å². The van der Waals surface area contributed by atoms with E-state index in [4.69, 9.17) is 43.6 Å². The van der Waals surface area contributed by atoms with Crippen molar-refractivity contribution in [3.63, 3.8) is 0 Å². The number of H-pyrrole nitrogens is 4. The molecule has 0 fully saturated rings. The van der Waals surface area contributed by atoms with Crippen LogP contribution in [0.5, 0.6) is 0 Å². The maximum atomic E-state index is 12.8. The number of fused-ring (bicyclic) bond motifs is 16. The van der Waals surface area contributed by atoms with E-state index in [0.717, 1.165) is 122 Å². The molecule has 19 nitrogen and oxygen atoms in total. The molecule has 6 aromatic heterocycles. The summed E-state index contributed by atoms with van der Waals surface area (Å²) in [5.74, 6) is -1.39. The van der Waals surface area contributed by atoms with Gasteiger partial charge in [-0.1, -0.05) is 0 Å². The summed E-state index contributed by atoms with van der Waals surface area (Å²) in [6.45, 7) is 23.6. The molecule has 91 heavy (non-hydrogen) atoms. The van der Waals surface area contributed by atoms with Crippen LogP contribution in [0.1, 0.15) is 209 Å². The molecular formula is C72H82N8O11. The summed E-state index contributed by atoms with van der Waals surface area (Å²) in [4.78, 5) is 86.6. The Balaban J connectivity index is 1.20. The third-order valence-electron chi connectivity index (χ3n) is 18.6. The molecule has 4 aliphatic heterocycles. The molecule has 19 heteroatoms. The lowest BCUT2D eigenvalue weighted by Crippen LogP contribution is -2.07. The Hall–Kier alpha value is -9.04. The second-order valence-electron chi connectivity index (χ2n) is 24.1. The van der Waals surface area contributed by atoms with Crippen molar-refractivity contribution in [1.29, 1.82) is 0 Å². The van der Waals surface area contributed by atoms with Gasteiger partial charge in [0, 0.05) is 92.1 Å². The minimum absolute atomic E-state index is 0.119. The summed E-state index contributed by atoms with van der Waals surface area (Å²) in [7, 11) is 5.51. The largest absolute Gasteiger partial charge is 0.469 e. The quantitative estimate of drug-likeness (QED) is 0.0345. The molecule has 476 valence electrons. The summed E-state index contributed by atoms with van der Waals surface area (Å²) in [5, 5.41) is 22.9. The van der Waals surface area contributed by atoms with Crippen LogP contribution in [0.15, 0.2) is 48.5 Å². The Morgan fingerprint density at radius 1 is 0.374 bits per heavy atom. The van der Waals surface area contributed by atoms with Crippen LogP contribution in [-0.2, 0) is 49.3 Å². The predicted molar refractivity (Wildman–Crippen MR) is 355 cm³/mol. The number of ether oxygens (including phenoxy) is 5. The van der Waals surface area contributed by atoms with E-state index in [1.54, 1.807) is 13.8 Å². The Morgan fingerprint density at radius 2 is 0.692 bits per heavy atom. The van der Waals surface area contributed by atoms with E-state index in [-0.39, 0.29) is 49.6 Å². The first-order valence-electron chi connectivity index (χ1n) is 31.0. The molecule has 6 aromatic rings. The number of nitrogens with one attached hydrogen (secondary N) is 4.